The van der Waals surface area contributed by atoms with E-state index in [0.717, 1.165) is 0 Å². The Kier molecular flexibility index (Phi) is 56.8. The van der Waals surface area contributed by atoms with Gasteiger partial charge in [-0.1, -0.05) is 0 Å². The van der Waals surface area contributed by atoms with E-state index in [1.807, 2.05) is 0 Å². The standard InChI is InChI=1S/2Fe.2O2.Pb/c;;2*1-2;/q2*+1;2*-2;+2. The van der Waals surface area contributed by atoms with E-state index >= 15 is 0 Å². The van der Waals surface area contributed by atoms with Gasteiger partial charge in [0.1, 0.15) is 0 Å². The number of rotatable bonds is 0. The van der Waals surface area contributed by atoms with Gasteiger partial charge in [0, 0.05) is 0 Å². The largest absolute Gasteiger partial charge is 2.00 e. The molecule has 0 spiro atoms. The molecular formula is Fe2O4Pb. The molecule has 44 valence electrons. The first kappa shape index (κ1) is 15.9. The third-order valence-electron chi connectivity index (χ3n) is 0. The molecule has 0 bridgehead atoms. The normalized spacial score (nSPS) is 5.14. The van der Waals surface area contributed by atoms with E-state index < -0.39 is 0 Å². The monoisotopic (exact) mass is 384 g/mol. The van der Waals surface area contributed by atoms with Crippen LogP contribution in [0.1, 0.15) is 0 Å². The second kappa shape index (κ2) is 25.0. The summed E-state index contributed by atoms with van der Waals surface area (Å²) in [6.45, 7) is 0. The zero-order valence-corrected chi connectivity index (χ0v) is 8.94. The van der Waals surface area contributed by atoms with Crippen molar-refractivity contribution in [3.8, 4) is 0 Å². The molecule has 0 aliphatic heterocycles. The fourth-order valence-corrected chi connectivity index (χ4v) is 0. The maximum atomic E-state index is 8.32. The van der Waals surface area contributed by atoms with Crippen LogP contribution in [0.2, 0.25) is 0 Å². The quantitative estimate of drug-likeness (QED) is 0.256. The summed E-state index contributed by atoms with van der Waals surface area (Å²) in [6.07, 6.45) is 0. The molecule has 7 heteroatoms. The molecule has 0 amide bonds. The average Bonchev–Trinajstić information content (AvgIpc) is 1.39. The summed E-state index contributed by atoms with van der Waals surface area (Å²) in [5.41, 5.74) is 0. The Morgan fingerprint density at radius 2 is 1.00 bits per heavy atom. The van der Waals surface area contributed by atoms with Crippen molar-refractivity contribution in [3.05, 3.63) is 0 Å². The summed E-state index contributed by atoms with van der Waals surface area (Å²) < 4.78 is 5.50. The molecule has 0 N–H and O–H groups in total. The summed E-state index contributed by atoms with van der Waals surface area (Å²) in [7, 11) is 0. The number of hydrogen-bond acceptors (Lipinski definition) is 4. The third-order valence-corrected chi connectivity index (χ3v) is 0. The first-order valence-corrected chi connectivity index (χ1v) is 1.52. The molecule has 0 aromatic carbocycles. The first-order chi connectivity index (χ1) is 2.83. The summed E-state index contributed by atoms with van der Waals surface area (Å²) in [6, 6.07) is 0. The number of hydrogen-bond donors (Lipinski definition) is 0. The Balaban J connectivity index is -0.0000000400. The van der Waals surface area contributed by atoms with Gasteiger partial charge in [0.25, 0.3) is 0 Å². The molecule has 0 aromatic rings. The van der Waals surface area contributed by atoms with Crippen molar-refractivity contribution >= 4 is 27.3 Å². The molecule has 0 heterocycles. The molecule has 0 fully saturated rings. The fraction of sp³-hybridized carbons (Fsp3) is 0. The van der Waals surface area contributed by atoms with Gasteiger partial charge in [-0.05, 0) is 0 Å². The van der Waals surface area contributed by atoms with Gasteiger partial charge in [0.2, 0.25) is 0 Å². The summed E-state index contributed by atoms with van der Waals surface area (Å²) in [5.74, 6) is 0. The van der Waals surface area contributed by atoms with Crippen LogP contribution in [0.4, 0.5) is 0 Å². The summed E-state index contributed by atoms with van der Waals surface area (Å²) >= 11 is 4.86. The Labute approximate surface area is 77.9 Å². The Bertz CT molecular complexity index is 11.7. The minimum Gasteiger partial charge on any atom is 2.00 e. The Morgan fingerprint density at radius 3 is 1.00 bits per heavy atom. The summed E-state index contributed by atoms with van der Waals surface area (Å²) in [5, 5.41) is 16.6. The molecule has 0 aliphatic carbocycles. The average molecular weight is 383 g/mol. The Morgan fingerprint density at radius 1 is 1.00 bits per heavy atom. The predicted molar refractivity (Wildman–Crippen MR) is 7.92 cm³/mol. The molecule has 0 saturated carbocycles. The third kappa shape index (κ3) is 80.9. The molecule has 0 aromatic heterocycles. The molecule has 0 atom stereocenters. The van der Waals surface area contributed by atoms with Crippen molar-refractivity contribution in [3.63, 3.8) is 0 Å². The molecule has 7 heavy (non-hydrogen) atoms. The minimum absolute atomic E-state index is 0. The van der Waals surface area contributed by atoms with Gasteiger partial charge in [-0.2, -0.15) is 0 Å². The van der Waals surface area contributed by atoms with Crippen LogP contribution in [-0.2, 0) is 40.6 Å². The van der Waals surface area contributed by atoms with Crippen LogP contribution >= 0.6 is 0 Å². The zero-order chi connectivity index (χ0) is 5.41. The second-order valence-corrected chi connectivity index (χ2v) is 0.486. The molecule has 2 radical (unpaired) electrons. The second-order valence-electron chi connectivity index (χ2n) is 0.118. The molecular weight excluding hydrogens is 383 g/mol. The zero-order valence-electron chi connectivity index (χ0n) is 2.84. The van der Waals surface area contributed by atoms with Gasteiger partial charge in [0.15, 0.2) is 0 Å². The fourth-order valence-electron chi connectivity index (χ4n) is 0. The smallest absolute Gasteiger partial charge is 2.00 e. The van der Waals surface area contributed by atoms with Crippen molar-refractivity contribution in [2.45, 2.75) is 0 Å². The van der Waals surface area contributed by atoms with E-state index in [-0.39, 0.29) is 27.3 Å². The van der Waals surface area contributed by atoms with Gasteiger partial charge in [-0.3, -0.25) is 0 Å². The van der Waals surface area contributed by atoms with Crippen LogP contribution in [0.3, 0.4) is 0 Å². The molecule has 0 aliphatic rings. The molecule has 0 unspecified atom stereocenters. The maximum Gasteiger partial charge on any atom is 2.00 e. The Hall–Kier alpha value is 1.80. The van der Waals surface area contributed by atoms with E-state index in [4.69, 9.17) is 10.5 Å². The van der Waals surface area contributed by atoms with Crippen LogP contribution < -0.4 is 10.5 Å². The predicted octanol–water partition coefficient (Wildman–Crippen LogP) is -2.90. The summed E-state index contributed by atoms with van der Waals surface area (Å²) in [4.78, 5) is 0. The van der Waals surface area contributed by atoms with Crippen LogP contribution in [0.25, 0.3) is 0 Å². The molecule has 0 saturated heterocycles. The van der Waals surface area contributed by atoms with Gasteiger partial charge in [-0.15, -0.1) is 0 Å². The van der Waals surface area contributed by atoms with Gasteiger partial charge in [0.05, 0.1) is 0 Å². The molecule has 4 nitrogen and oxygen atoms in total. The first-order valence-electron chi connectivity index (χ1n) is 0.622. The van der Waals surface area contributed by atoms with Crippen LogP contribution in [-0.4, -0.2) is 27.3 Å². The van der Waals surface area contributed by atoms with Gasteiger partial charge in [-0.25, -0.2) is 0 Å². The van der Waals surface area contributed by atoms with E-state index in [0.29, 0.717) is 0 Å². The van der Waals surface area contributed by atoms with Crippen molar-refractivity contribution in [1.82, 2.24) is 0 Å². The van der Waals surface area contributed by atoms with E-state index in [9.17, 15) is 0 Å². The van der Waals surface area contributed by atoms with Crippen molar-refractivity contribution < 1.29 is 51.1 Å². The SMILES string of the molecule is [O-][O][Fe].[O-][O][Fe].[Pb+2]. The van der Waals surface area contributed by atoms with E-state index in [1.165, 1.54) is 0 Å². The topological polar surface area (TPSA) is 64.6 Å². The van der Waals surface area contributed by atoms with Crippen LogP contribution in [0.5, 0.6) is 0 Å². The van der Waals surface area contributed by atoms with Crippen LogP contribution in [0.15, 0.2) is 0 Å². The van der Waals surface area contributed by atoms with Crippen molar-refractivity contribution in [2.24, 2.45) is 0 Å². The van der Waals surface area contributed by atoms with E-state index in [1.54, 1.807) is 0 Å². The maximum absolute atomic E-state index is 8.32. The van der Waals surface area contributed by atoms with Gasteiger partial charge >= 0.3 is 78.4 Å². The molecule has 0 rings (SSSR count). The van der Waals surface area contributed by atoms with Crippen molar-refractivity contribution in [2.75, 3.05) is 0 Å². The van der Waals surface area contributed by atoms with Crippen LogP contribution in [0, 0.1) is 0 Å². The van der Waals surface area contributed by atoms with Crippen molar-refractivity contribution in [1.29, 1.82) is 0 Å². The van der Waals surface area contributed by atoms with E-state index in [2.05, 4.69) is 40.6 Å². The van der Waals surface area contributed by atoms with Gasteiger partial charge < -0.3 is 0 Å². The minimum atomic E-state index is 0.